The minimum absolute atomic E-state index is 0.109. The maximum atomic E-state index is 12.3. The number of sulfonamides is 1. The standard InChI is InChI=1S/C15H16N2O5S2/c1-23(19,20)12-9-7-11(8-10-12)15(18)16-13-5-3-4-6-14(13)17-24(2,21)22/h3-10,17H,1-2H3,(H,16,18). The van der Waals surface area contributed by atoms with E-state index in [1.54, 1.807) is 18.2 Å². The first kappa shape index (κ1) is 18.0. The van der Waals surface area contributed by atoms with E-state index < -0.39 is 25.8 Å². The summed E-state index contributed by atoms with van der Waals surface area (Å²) >= 11 is 0. The molecule has 0 heterocycles. The van der Waals surface area contributed by atoms with Crippen molar-refractivity contribution in [2.75, 3.05) is 22.6 Å². The molecular weight excluding hydrogens is 352 g/mol. The highest BCUT2D eigenvalue weighted by atomic mass is 32.2. The van der Waals surface area contributed by atoms with Crippen LogP contribution in [0.5, 0.6) is 0 Å². The van der Waals surface area contributed by atoms with Gasteiger partial charge in [-0.2, -0.15) is 0 Å². The largest absolute Gasteiger partial charge is 0.320 e. The van der Waals surface area contributed by atoms with Crippen molar-refractivity contribution in [3.63, 3.8) is 0 Å². The van der Waals surface area contributed by atoms with Gasteiger partial charge in [-0.3, -0.25) is 9.52 Å². The van der Waals surface area contributed by atoms with Gasteiger partial charge in [-0.15, -0.1) is 0 Å². The highest BCUT2D eigenvalue weighted by Crippen LogP contribution is 2.23. The van der Waals surface area contributed by atoms with Crippen LogP contribution in [0, 0.1) is 0 Å². The van der Waals surface area contributed by atoms with Crippen molar-refractivity contribution < 1.29 is 21.6 Å². The molecule has 2 aromatic rings. The SMILES string of the molecule is CS(=O)(=O)Nc1ccccc1NC(=O)c1ccc(S(C)(=O)=O)cc1. The van der Waals surface area contributed by atoms with Crippen LogP contribution in [0.1, 0.15) is 10.4 Å². The quantitative estimate of drug-likeness (QED) is 0.835. The predicted molar refractivity (Wildman–Crippen MR) is 92.4 cm³/mol. The molecule has 1 amide bonds. The normalized spacial score (nSPS) is 11.8. The Labute approximate surface area is 140 Å². The number of hydrogen-bond acceptors (Lipinski definition) is 5. The number of amides is 1. The molecule has 7 nitrogen and oxygen atoms in total. The molecule has 0 aromatic heterocycles. The topological polar surface area (TPSA) is 109 Å². The van der Waals surface area contributed by atoms with E-state index in [1.165, 1.54) is 30.3 Å². The molecule has 0 radical (unpaired) electrons. The van der Waals surface area contributed by atoms with Gasteiger partial charge in [0.05, 0.1) is 22.5 Å². The van der Waals surface area contributed by atoms with Gasteiger partial charge in [0.2, 0.25) is 10.0 Å². The molecule has 0 aliphatic carbocycles. The van der Waals surface area contributed by atoms with Crippen LogP contribution >= 0.6 is 0 Å². The predicted octanol–water partition coefficient (Wildman–Crippen LogP) is 1.71. The van der Waals surface area contributed by atoms with E-state index in [1.807, 2.05) is 0 Å². The van der Waals surface area contributed by atoms with Gasteiger partial charge in [0.15, 0.2) is 9.84 Å². The summed E-state index contributed by atoms with van der Waals surface area (Å²) in [4.78, 5) is 12.4. The Kier molecular flexibility index (Phi) is 4.95. The molecular formula is C15H16N2O5S2. The number of benzene rings is 2. The van der Waals surface area contributed by atoms with Gasteiger partial charge < -0.3 is 5.32 Å². The van der Waals surface area contributed by atoms with Crippen molar-refractivity contribution in [2.45, 2.75) is 4.90 Å². The molecule has 0 spiro atoms. The molecule has 0 saturated heterocycles. The first-order valence-corrected chi connectivity index (χ1v) is 10.5. The zero-order valence-corrected chi connectivity index (χ0v) is 14.6. The average Bonchev–Trinajstić information content (AvgIpc) is 2.47. The van der Waals surface area contributed by atoms with Crippen molar-refractivity contribution in [3.05, 3.63) is 54.1 Å². The van der Waals surface area contributed by atoms with E-state index in [-0.39, 0.29) is 16.1 Å². The van der Waals surface area contributed by atoms with Crippen LogP contribution in [0.3, 0.4) is 0 Å². The number of rotatable bonds is 5. The number of para-hydroxylation sites is 2. The van der Waals surface area contributed by atoms with Crippen molar-refractivity contribution in [1.82, 2.24) is 0 Å². The zero-order chi connectivity index (χ0) is 18.0. The highest BCUT2D eigenvalue weighted by molar-refractivity contribution is 7.92. The van der Waals surface area contributed by atoms with Gasteiger partial charge in [0.25, 0.3) is 5.91 Å². The molecule has 9 heteroatoms. The fourth-order valence-corrected chi connectivity index (χ4v) is 3.14. The average molecular weight is 368 g/mol. The number of nitrogens with one attached hydrogen (secondary N) is 2. The summed E-state index contributed by atoms with van der Waals surface area (Å²) in [7, 11) is -6.83. The number of carbonyl (C=O) groups excluding carboxylic acids is 1. The molecule has 24 heavy (non-hydrogen) atoms. The fourth-order valence-electron chi connectivity index (χ4n) is 1.93. The fraction of sp³-hybridized carbons (Fsp3) is 0.133. The van der Waals surface area contributed by atoms with Crippen molar-refractivity contribution in [1.29, 1.82) is 0 Å². The van der Waals surface area contributed by atoms with Gasteiger partial charge in [0.1, 0.15) is 0 Å². The summed E-state index contributed by atoms with van der Waals surface area (Å²) in [5.74, 6) is -0.488. The summed E-state index contributed by atoms with van der Waals surface area (Å²) in [5, 5.41) is 2.59. The Balaban J connectivity index is 2.24. The zero-order valence-electron chi connectivity index (χ0n) is 13.0. The molecule has 2 rings (SSSR count). The highest BCUT2D eigenvalue weighted by Gasteiger charge is 2.13. The number of sulfone groups is 1. The van der Waals surface area contributed by atoms with Gasteiger partial charge >= 0.3 is 0 Å². The van der Waals surface area contributed by atoms with E-state index in [2.05, 4.69) is 10.0 Å². The van der Waals surface area contributed by atoms with Crippen LogP contribution < -0.4 is 10.0 Å². The second-order valence-corrected chi connectivity index (χ2v) is 8.93. The van der Waals surface area contributed by atoms with E-state index in [0.29, 0.717) is 5.69 Å². The van der Waals surface area contributed by atoms with Crippen LogP contribution in [0.15, 0.2) is 53.4 Å². The van der Waals surface area contributed by atoms with Gasteiger partial charge in [-0.05, 0) is 36.4 Å². The Hall–Kier alpha value is -2.39. The first-order chi connectivity index (χ1) is 11.1. The summed E-state index contributed by atoms with van der Waals surface area (Å²) < 4.78 is 47.9. The minimum Gasteiger partial charge on any atom is -0.320 e. The molecule has 2 aromatic carbocycles. The van der Waals surface area contributed by atoms with Crippen molar-refractivity contribution in [3.8, 4) is 0 Å². The lowest BCUT2D eigenvalue weighted by Crippen LogP contribution is -2.16. The molecule has 2 N–H and O–H groups in total. The van der Waals surface area contributed by atoms with Crippen molar-refractivity contribution in [2.24, 2.45) is 0 Å². The Morgan fingerprint density at radius 3 is 1.88 bits per heavy atom. The van der Waals surface area contributed by atoms with Crippen LogP contribution in [-0.2, 0) is 19.9 Å². The van der Waals surface area contributed by atoms with Crippen LogP contribution in [-0.4, -0.2) is 35.3 Å². The van der Waals surface area contributed by atoms with Gasteiger partial charge in [0, 0.05) is 11.8 Å². The molecule has 0 atom stereocenters. The smallest absolute Gasteiger partial charge is 0.255 e. The summed E-state index contributed by atoms with van der Waals surface area (Å²) in [6.07, 6.45) is 2.09. The number of anilines is 2. The Bertz CT molecular complexity index is 965. The van der Waals surface area contributed by atoms with E-state index in [0.717, 1.165) is 12.5 Å². The Morgan fingerprint density at radius 2 is 1.38 bits per heavy atom. The third-order valence-electron chi connectivity index (χ3n) is 3.02. The number of carbonyl (C=O) groups is 1. The van der Waals surface area contributed by atoms with E-state index in [9.17, 15) is 21.6 Å². The van der Waals surface area contributed by atoms with E-state index in [4.69, 9.17) is 0 Å². The third kappa shape index (κ3) is 4.80. The van der Waals surface area contributed by atoms with Crippen LogP contribution in [0.25, 0.3) is 0 Å². The lowest BCUT2D eigenvalue weighted by Gasteiger charge is -2.12. The van der Waals surface area contributed by atoms with Crippen LogP contribution in [0.2, 0.25) is 0 Å². The third-order valence-corrected chi connectivity index (χ3v) is 4.73. The molecule has 0 fully saturated rings. The molecule has 0 bridgehead atoms. The lowest BCUT2D eigenvalue weighted by atomic mass is 10.2. The molecule has 0 aliphatic heterocycles. The van der Waals surface area contributed by atoms with E-state index >= 15 is 0 Å². The first-order valence-electron chi connectivity index (χ1n) is 6.74. The lowest BCUT2D eigenvalue weighted by molar-refractivity contribution is 0.102. The summed E-state index contributed by atoms with van der Waals surface area (Å²) in [6, 6.07) is 11.8. The second-order valence-electron chi connectivity index (χ2n) is 5.17. The molecule has 0 aliphatic rings. The Morgan fingerprint density at radius 1 is 0.833 bits per heavy atom. The maximum Gasteiger partial charge on any atom is 0.255 e. The number of hydrogen-bond donors (Lipinski definition) is 2. The van der Waals surface area contributed by atoms with Crippen LogP contribution in [0.4, 0.5) is 11.4 Å². The maximum absolute atomic E-state index is 12.3. The molecule has 128 valence electrons. The monoisotopic (exact) mass is 368 g/mol. The van der Waals surface area contributed by atoms with Crippen molar-refractivity contribution >= 4 is 37.1 Å². The summed E-state index contributed by atoms with van der Waals surface area (Å²) in [5.41, 5.74) is 0.776. The van der Waals surface area contributed by atoms with Gasteiger partial charge in [-0.25, -0.2) is 16.8 Å². The molecule has 0 saturated carbocycles. The summed E-state index contributed by atoms with van der Waals surface area (Å²) in [6.45, 7) is 0. The minimum atomic E-state index is -3.49. The second kappa shape index (κ2) is 6.62. The van der Waals surface area contributed by atoms with Gasteiger partial charge in [-0.1, -0.05) is 12.1 Å². The molecule has 0 unspecified atom stereocenters.